The molecular weight excluding hydrogens is 372 g/mol. The van der Waals surface area contributed by atoms with Crippen LogP contribution in [-0.4, -0.2) is 58.6 Å². The minimum atomic E-state index is 0.794. The molecule has 0 saturated carbocycles. The lowest BCUT2D eigenvalue weighted by Gasteiger charge is -2.29. The Labute approximate surface area is 179 Å². The van der Waals surface area contributed by atoms with Gasteiger partial charge in [-0.1, -0.05) is 6.07 Å². The van der Waals surface area contributed by atoms with E-state index in [1.807, 2.05) is 13.1 Å². The molecule has 1 aliphatic rings. The molecule has 1 saturated heterocycles. The highest BCUT2D eigenvalue weighted by Gasteiger charge is 2.17. The Morgan fingerprint density at radius 3 is 2.63 bits per heavy atom. The number of likely N-dealkylation sites (tertiary alicyclic amines) is 1. The molecule has 0 atom stereocenters. The van der Waals surface area contributed by atoms with Crippen molar-refractivity contribution in [3.63, 3.8) is 0 Å². The Bertz CT molecular complexity index is 1020. The Balaban J connectivity index is 1.42. The first-order valence-electron chi connectivity index (χ1n) is 11.1. The topological polar surface area (TPSA) is 60.9 Å². The standard InChI is InChI=1S/C24H34N6/c1-16-13-17(2)22-21(14-16)27-23(28-22)20-15-25-24(26-18(20)3)30(5)10-6-7-19-8-11-29(4)12-9-19/h13-15,19H,6-12H2,1-5H3,(H,27,28). The van der Waals surface area contributed by atoms with Gasteiger partial charge < -0.3 is 14.8 Å². The fourth-order valence-corrected chi connectivity index (χ4v) is 4.54. The third-order valence-electron chi connectivity index (χ3n) is 6.43. The van der Waals surface area contributed by atoms with Gasteiger partial charge in [-0.25, -0.2) is 15.0 Å². The molecule has 0 aliphatic carbocycles. The molecule has 3 aromatic rings. The summed E-state index contributed by atoms with van der Waals surface area (Å²) >= 11 is 0. The molecule has 160 valence electrons. The number of anilines is 1. The summed E-state index contributed by atoms with van der Waals surface area (Å²) < 4.78 is 0. The number of rotatable bonds is 6. The molecule has 0 radical (unpaired) electrons. The van der Waals surface area contributed by atoms with Gasteiger partial charge in [0.2, 0.25) is 5.95 Å². The minimum Gasteiger partial charge on any atom is -0.344 e. The maximum Gasteiger partial charge on any atom is 0.225 e. The molecule has 1 N–H and O–H groups in total. The van der Waals surface area contributed by atoms with Gasteiger partial charge in [-0.05, 0) is 89.7 Å². The van der Waals surface area contributed by atoms with Crippen molar-refractivity contribution >= 4 is 17.0 Å². The third-order valence-corrected chi connectivity index (χ3v) is 6.43. The number of nitrogens with one attached hydrogen (secondary N) is 1. The van der Waals surface area contributed by atoms with Crippen LogP contribution in [0.25, 0.3) is 22.4 Å². The van der Waals surface area contributed by atoms with Crippen molar-refractivity contribution in [1.82, 2.24) is 24.8 Å². The summed E-state index contributed by atoms with van der Waals surface area (Å²) in [6.07, 6.45) is 7.07. The first kappa shape index (κ1) is 20.8. The average molecular weight is 407 g/mol. The number of benzene rings is 1. The average Bonchev–Trinajstić information content (AvgIpc) is 3.13. The summed E-state index contributed by atoms with van der Waals surface area (Å²) in [6.45, 7) is 9.73. The molecule has 4 rings (SSSR count). The van der Waals surface area contributed by atoms with Crippen molar-refractivity contribution in [2.75, 3.05) is 38.6 Å². The Morgan fingerprint density at radius 1 is 1.13 bits per heavy atom. The number of hydrogen-bond acceptors (Lipinski definition) is 5. The van der Waals surface area contributed by atoms with Crippen LogP contribution in [0.15, 0.2) is 18.3 Å². The van der Waals surface area contributed by atoms with Gasteiger partial charge in [-0.15, -0.1) is 0 Å². The van der Waals surface area contributed by atoms with Gasteiger partial charge in [-0.3, -0.25) is 0 Å². The maximum absolute atomic E-state index is 4.81. The van der Waals surface area contributed by atoms with E-state index < -0.39 is 0 Å². The smallest absolute Gasteiger partial charge is 0.225 e. The van der Waals surface area contributed by atoms with E-state index in [1.165, 1.54) is 49.9 Å². The van der Waals surface area contributed by atoms with Crippen molar-refractivity contribution in [2.45, 2.75) is 46.5 Å². The summed E-state index contributed by atoms with van der Waals surface area (Å²) in [5.74, 6) is 2.51. The maximum atomic E-state index is 4.81. The van der Waals surface area contributed by atoms with E-state index in [-0.39, 0.29) is 0 Å². The highest BCUT2D eigenvalue weighted by molar-refractivity contribution is 5.83. The number of aromatic amines is 1. The molecule has 0 amide bonds. The molecule has 1 aliphatic heterocycles. The van der Waals surface area contributed by atoms with Crippen molar-refractivity contribution < 1.29 is 0 Å². The van der Waals surface area contributed by atoms with Crippen LogP contribution in [0.4, 0.5) is 5.95 Å². The van der Waals surface area contributed by atoms with Crippen LogP contribution in [-0.2, 0) is 0 Å². The van der Waals surface area contributed by atoms with Crippen molar-refractivity contribution in [3.05, 3.63) is 35.2 Å². The molecule has 2 aromatic heterocycles. The summed E-state index contributed by atoms with van der Waals surface area (Å²) in [4.78, 5) is 22.3. The van der Waals surface area contributed by atoms with E-state index in [4.69, 9.17) is 9.97 Å². The third kappa shape index (κ3) is 4.48. The molecule has 6 heteroatoms. The molecule has 3 heterocycles. The predicted molar refractivity (Wildman–Crippen MR) is 124 cm³/mol. The van der Waals surface area contributed by atoms with E-state index in [9.17, 15) is 0 Å². The fourth-order valence-electron chi connectivity index (χ4n) is 4.54. The van der Waals surface area contributed by atoms with E-state index in [0.717, 1.165) is 46.5 Å². The van der Waals surface area contributed by atoms with Gasteiger partial charge in [0, 0.05) is 19.8 Å². The summed E-state index contributed by atoms with van der Waals surface area (Å²) in [5, 5.41) is 0. The number of fused-ring (bicyclic) bond motifs is 1. The minimum absolute atomic E-state index is 0.794. The first-order chi connectivity index (χ1) is 14.4. The van der Waals surface area contributed by atoms with Gasteiger partial charge in [0.25, 0.3) is 0 Å². The molecule has 1 aromatic carbocycles. The number of hydrogen-bond donors (Lipinski definition) is 1. The second-order valence-corrected chi connectivity index (χ2v) is 9.04. The zero-order valence-electron chi connectivity index (χ0n) is 19.0. The van der Waals surface area contributed by atoms with Gasteiger partial charge in [0.15, 0.2) is 0 Å². The molecule has 1 fully saturated rings. The zero-order chi connectivity index (χ0) is 21.3. The van der Waals surface area contributed by atoms with E-state index in [2.05, 4.69) is 59.8 Å². The fraction of sp³-hybridized carbons (Fsp3) is 0.542. The Morgan fingerprint density at radius 2 is 1.90 bits per heavy atom. The van der Waals surface area contributed by atoms with Crippen LogP contribution in [0.5, 0.6) is 0 Å². The number of imidazole rings is 1. The normalized spacial score (nSPS) is 15.8. The van der Waals surface area contributed by atoms with E-state index in [0.29, 0.717) is 0 Å². The SMILES string of the molecule is Cc1cc(C)c2nc(-c3cnc(N(C)CCCC4CCN(C)CC4)nc3C)[nH]c2c1. The quantitative estimate of drug-likeness (QED) is 0.653. The van der Waals surface area contributed by atoms with Crippen LogP contribution in [0.1, 0.15) is 42.5 Å². The van der Waals surface area contributed by atoms with Gasteiger partial charge in [0.05, 0.1) is 22.3 Å². The van der Waals surface area contributed by atoms with Gasteiger partial charge in [-0.2, -0.15) is 0 Å². The number of aromatic nitrogens is 4. The monoisotopic (exact) mass is 406 g/mol. The number of piperidine rings is 1. The van der Waals surface area contributed by atoms with Crippen molar-refractivity contribution in [3.8, 4) is 11.4 Å². The second kappa shape index (κ2) is 8.72. The second-order valence-electron chi connectivity index (χ2n) is 9.04. The highest BCUT2D eigenvalue weighted by atomic mass is 15.2. The van der Waals surface area contributed by atoms with Gasteiger partial charge in [0.1, 0.15) is 5.82 Å². The Kier molecular flexibility index (Phi) is 6.04. The molecular formula is C24H34N6. The lowest BCUT2D eigenvalue weighted by atomic mass is 9.92. The molecule has 0 bridgehead atoms. The van der Waals surface area contributed by atoms with Crippen LogP contribution < -0.4 is 4.90 Å². The van der Waals surface area contributed by atoms with Crippen molar-refractivity contribution in [2.24, 2.45) is 5.92 Å². The molecule has 6 nitrogen and oxygen atoms in total. The van der Waals surface area contributed by atoms with E-state index in [1.54, 1.807) is 0 Å². The largest absolute Gasteiger partial charge is 0.344 e. The van der Waals surface area contributed by atoms with Crippen LogP contribution >= 0.6 is 0 Å². The van der Waals surface area contributed by atoms with E-state index >= 15 is 0 Å². The highest BCUT2D eigenvalue weighted by Crippen LogP contribution is 2.26. The number of aryl methyl sites for hydroxylation is 3. The van der Waals surface area contributed by atoms with Gasteiger partial charge >= 0.3 is 0 Å². The number of H-pyrrole nitrogens is 1. The first-order valence-corrected chi connectivity index (χ1v) is 11.1. The van der Waals surface area contributed by atoms with Crippen molar-refractivity contribution in [1.29, 1.82) is 0 Å². The molecule has 30 heavy (non-hydrogen) atoms. The summed E-state index contributed by atoms with van der Waals surface area (Å²) in [7, 11) is 4.32. The molecule has 0 unspecified atom stereocenters. The summed E-state index contributed by atoms with van der Waals surface area (Å²) in [5.41, 5.74) is 6.43. The Hall–Kier alpha value is -2.47. The molecule has 0 spiro atoms. The summed E-state index contributed by atoms with van der Waals surface area (Å²) in [6, 6.07) is 4.31. The van der Waals surface area contributed by atoms with Crippen LogP contribution in [0.3, 0.4) is 0 Å². The van der Waals surface area contributed by atoms with Crippen LogP contribution in [0.2, 0.25) is 0 Å². The van der Waals surface area contributed by atoms with Crippen LogP contribution in [0, 0.1) is 26.7 Å². The number of nitrogens with zero attached hydrogens (tertiary/aromatic N) is 5. The lowest BCUT2D eigenvalue weighted by molar-refractivity contribution is 0.211. The lowest BCUT2D eigenvalue weighted by Crippen LogP contribution is -2.30. The predicted octanol–water partition coefficient (Wildman–Crippen LogP) is 4.50. The zero-order valence-corrected chi connectivity index (χ0v) is 19.0.